The molecular formula is C22H25ClN4O. The smallest absolute Gasteiger partial charge is 0.224 e. The molecule has 3 aromatic rings. The molecule has 2 heterocycles. The van der Waals surface area contributed by atoms with Crippen molar-refractivity contribution in [2.24, 2.45) is 0 Å². The molecule has 0 saturated carbocycles. The Morgan fingerprint density at radius 2 is 1.82 bits per heavy atom. The molecule has 0 radical (unpaired) electrons. The highest BCUT2D eigenvalue weighted by Gasteiger charge is 2.21. The number of aryl methyl sites for hydroxylation is 2. The Morgan fingerprint density at radius 3 is 2.57 bits per heavy atom. The highest BCUT2D eigenvalue weighted by atomic mass is 35.5. The zero-order valence-corrected chi connectivity index (χ0v) is 16.9. The molecule has 0 bridgehead atoms. The molecule has 1 aliphatic heterocycles. The van der Waals surface area contributed by atoms with Gasteiger partial charge in [0.2, 0.25) is 5.91 Å². The van der Waals surface area contributed by atoms with Gasteiger partial charge in [-0.15, -0.1) is 0 Å². The second kappa shape index (κ2) is 8.33. The van der Waals surface area contributed by atoms with Gasteiger partial charge in [0.05, 0.1) is 18.3 Å². The number of carbonyl (C=O) groups excluding carboxylic acids is 1. The number of amides is 1. The van der Waals surface area contributed by atoms with Crippen LogP contribution in [0.4, 0.5) is 0 Å². The minimum Gasteiger partial charge on any atom is -0.340 e. The lowest BCUT2D eigenvalue weighted by molar-refractivity contribution is -0.133. The van der Waals surface area contributed by atoms with Crippen LogP contribution in [0, 0.1) is 6.92 Å². The number of piperazine rings is 1. The number of fused-ring (bicyclic) bond motifs is 1. The van der Waals surface area contributed by atoms with Crippen LogP contribution in [0.5, 0.6) is 0 Å². The van der Waals surface area contributed by atoms with Crippen molar-refractivity contribution in [3.05, 3.63) is 64.8 Å². The number of halogens is 1. The lowest BCUT2D eigenvalue weighted by atomic mass is 10.2. The quantitative estimate of drug-likeness (QED) is 0.659. The van der Waals surface area contributed by atoms with Crippen LogP contribution in [0.3, 0.4) is 0 Å². The fourth-order valence-corrected chi connectivity index (χ4v) is 3.85. The van der Waals surface area contributed by atoms with Gasteiger partial charge >= 0.3 is 0 Å². The molecule has 6 heteroatoms. The van der Waals surface area contributed by atoms with E-state index in [4.69, 9.17) is 11.6 Å². The van der Waals surface area contributed by atoms with E-state index < -0.39 is 0 Å². The van der Waals surface area contributed by atoms with Gasteiger partial charge in [0.1, 0.15) is 0 Å². The van der Waals surface area contributed by atoms with E-state index in [9.17, 15) is 4.79 Å². The SMILES string of the molecule is Cc1ccc2cnn(CCC(=O)N3CCN(Cc4ccc(Cl)cc4)CC3)c2c1. The van der Waals surface area contributed by atoms with Crippen molar-refractivity contribution < 1.29 is 4.79 Å². The van der Waals surface area contributed by atoms with Crippen molar-refractivity contribution in [3.63, 3.8) is 0 Å². The third-order valence-electron chi connectivity index (χ3n) is 5.38. The first-order valence-electron chi connectivity index (χ1n) is 9.75. The minimum atomic E-state index is 0.211. The lowest BCUT2D eigenvalue weighted by Gasteiger charge is -2.34. The van der Waals surface area contributed by atoms with E-state index >= 15 is 0 Å². The van der Waals surface area contributed by atoms with Crippen LogP contribution in [0.15, 0.2) is 48.7 Å². The summed E-state index contributed by atoms with van der Waals surface area (Å²) in [6, 6.07) is 14.3. The number of benzene rings is 2. The second-order valence-electron chi connectivity index (χ2n) is 7.46. The maximum Gasteiger partial charge on any atom is 0.224 e. The highest BCUT2D eigenvalue weighted by Crippen LogP contribution is 2.17. The number of aromatic nitrogens is 2. The van der Waals surface area contributed by atoms with E-state index in [1.54, 1.807) is 0 Å². The maximum atomic E-state index is 12.7. The molecule has 0 spiro atoms. The Kier molecular flexibility index (Phi) is 5.64. The van der Waals surface area contributed by atoms with Gasteiger partial charge < -0.3 is 4.90 Å². The lowest BCUT2D eigenvalue weighted by Crippen LogP contribution is -2.48. The third-order valence-corrected chi connectivity index (χ3v) is 5.63. The number of rotatable bonds is 5. The van der Waals surface area contributed by atoms with Gasteiger partial charge in [-0.3, -0.25) is 14.4 Å². The van der Waals surface area contributed by atoms with E-state index in [0.717, 1.165) is 48.6 Å². The summed E-state index contributed by atoms with van der Waals surface area (Å²) in [5.74, 6) is 0.211. The van der Waals surface area contributed by atoms with Crippen molar-refractivity contribution in [3.8, 4) is 0 Å². The van der Waals surface area contributed by atoms with Gasteiger partial charge in [0.25, 0.3) is 0 Å². The van der Waals surface area contributed by atoms with Crippen molar-refractivity contribution in [2.75, 3.05) is 26.2 Å². The first-order valence-corrected chi connectivity index (χ1v) is 10.1. The standard InChI is InChI=1S/C22H25ClN4O/c1-17-2-5-19-15-24-27(21(19)14-17)9-8-22(28)26-12-10-25(11-13-26)16-18-3-6-20(23)7-4-18/h2-7,14-15H,8-13,16H2,1H3. The fraction of sp³-hybridized carbons (Fsp3) is 0.364. The highest BCUT2D eigenvalue weighted by molar-refractivity contribution is 6.30. The fourth-order valence-electron chi connectivity index (χ4n) is 3.72. The van der Waals surface area contributed by atoms with Crippen LogP contribution in [0.25, 0.3) is 10.9 Å². The normalized spacial score (nSPS) is 15.3. The van der Waals surface area contributed by atoms with Crippen molar-refractivity contribution >= 4 is 28.4 Å². The van der Waals surface area contributed by atoms with E-state index in [2.05, 4.69) is 47.3 Å². The zero-order valence-electron chi connectivity index (χ0n) is 16.1. The van der Waals surface area contributed by atoms with Gasteiger partial charge in [0.15, 0.2) is 0 Å². The molecule has 1 aliphatic rings. The van der Waals surface area contributed by atoms with Crippen molar-refractivity contribution in [1.82, 2.24) is 19.6 Å². The molecule has 0 atom stereocenters. The Labute approximate surface area is 170 Å². The molecule has 146 valence electrons. The molecule has 4 rings (SSSR count). The maximum absolute atomic E-state index is 12.7. The Morgan fingerprint density at radius 1 is 1.07 bits per heavy atom. The Hall–Kier alpha value is -2.37. The summed E-state index contributed by atoms with van der Waals surface area (Å²) in [7, 11) is 0. The van der Waals surface area contributed by atoms with Crippen LogP contribution >= 0.6 is 11.6 Å². The van der Waals surface area contributed by atoms with Crippen LogP contribution < -0.4 is 0 Å². The van der Waals surface area contributed by atoms with Crippen LogP contribution in [-0.2, 0) is 17.9 Å². The number of carbonyl (C=O) groups is 1. The molecule has 1 fully saturated rings. The van der Waals surface area contributed by atoms with E-state index in [0.29, 0.717) is 13.0 Å². The van der Waals surface area contributed by atoms with Gasteiger partial charge in [-0.05, 0) is 36.2 Å². The Bertz CT molecular complexity index is 958. The summed E-state index contributed by atoms with van der Waals surface area (Å²) in [5, 5.41) is 6.33. The molecular weight excluding hydrogens is 372 g/mol. The van der Waals surface area contributed by atoms with Crippen LogP contribution in [0.2, 0.25) is 5.02 Å². The van der Waals surface area contributed by atoms with E-state index in [-0.39, 0.29) is 5.91 Å². The molecule has 1 amide bonds. The van der Waals surface area contributed by atoms with Crippen LogP contribution in [0.1, 0.15) is 17.5 Å². The number of hydrogen-bond donors (Lipinski definition) is 0. The third kappa shape index (κ3) is 4.37. The molecule has 0 aliphatic carbocycles. The number of nitrogens with zero attached hydrogens (tertiary/aromatic N) is 4. The summed E-state index contributed by atoms with van der Waals surface area (Å²) in [6.45, 7) is 6.97. The average molecular weight is 397 g/mol. The van der Waals surface area contributed by atoms with Crippen LogP contribution in [-0.4, -0.2) is 51.7 Å². The minimum absolute atomic E-state index is 0.211. The molecule has 0 N–H and O–H groups in total. The summed E-state index contributed by atoms with van der Waals surface area (Å²) in [4.78, 5) is 17.0. The topological polar surface area (TPSA) is 41.4 Å². The van der Waals surface area contributed by atoms with E-state index in [1.807, 2.05) is 27.9 Å². The van der Waals surface area contributed by atoms with Gasteiger partial charge in [0, 0.05) is 49.6 Å². The molecule has 5 nitrogen and oxygen atoms in total. The summed E-state index contributed by atoms with van der Waals surface area (Å²) >= 11 is 5.95. The molecule has 0 unspecified atom stereocenters. The first-order chi connectivity index (χ1) is 13.6. The second-order valence-corrected chi connectivity index (χ2v) is 7.90. The van der Waals surface area contributed by atoms with Crippen molar-refractivity contribution in [1.29, 1.82) is 0 Å². The Balaban J connectivity index is 1.28. The average Bonchev–Trinajstić information content (AvgIpc) is 3.10. The monoisotopic (exact) mass is 396 g/mol. The zero-order chi connectivity index (χ0) is 19.5. The molecule has 2 aromatic carbocycles. The predicted molar refractivity (Wildman–Crippen MR) is 112 cm³/mol. The molecule has 1 saturated heterocycles. The van der Waals surface area contributed by atoms with Crippen molar-refractivity contribution in [2.45, 2.75) is 26.4 Å². The predicted octanol–water partition coefficient (Wildman–Crippen LogP) is 3.73. The molecule has 1 aromatic heterocycles. The summed E-state index contributed by atoms with van der Waals surface area (Å²) in [5.41, 5.74) is 3.56. The van der Waals surface area contributed by atoms with E-state index in [1.165, 1.54) is 11.1 Å². The molecule has 28 heavy (non-hydrogen) atoms. The number of hydrogen-bond acceptors (Lipinski definition) is 3. The first kappa shape index (κ1) is 19.0. The summed E-state index contributed by atoms with van der Waals surface area (Å²) in [6.07, 6.45) is 2.36. The van der Waals surface area contributed by atoms with Gasteiger partial charge in [-0.1, -0.05) is 35.9 Å². The van der Waals surface area contributed by atoms with Gasteiger partial charge in [-0.25, -0.2) is 0 Å². The largest absolute Gasteiger partial charge is 0.340 e. The summed E-state index contributed by atoms with van der Waals surface area (Å²) < 4.78 is 1.94. The van der Waals surface area contributed by atoms with Gasteiger partial charge in [-0.2, -0.15) is 5.10 Å².